The molecule has 0 saturated carbocycles. The fourth-order valence-corrected chi connectivity index (χ4v) is 1.72. The zero-order valence-corrected chi connectivity index (χ0v) is 11.7. The van der Waals surface area contributed by atoms with Crippen LogP contribution >= 0.6 is 0 Å². The van der Waals surface area contributed by atoms with Gasteiger partial charge in [0.1, 0.15) is 11.9 Å². The van der Waals surface area contributed by atoms with Gasteiger partial charge in [-0.2, -0.15) is 0 Å². The van der Waals surface area contributed by atoms with Crippen LogP contribution in [0.15, 0.2) is 18.2 Å². The highest BCUT2D eigenvalue weighted by Gasteiger charge is 2.25. The lowest BCUT2D eigenvalue weighted by Gasteiger charge is -2.20. The van der Waals surface area contributed by atoms with Gasteiger partial charge in [-0.25, -0.2) is 14.0 Å². The lowest BCUT2D eigenvalue weighted by Crippen LogP contribution is -2.46. The van der Waals surface area contributed by atoms with Crippen molar-refractivity contribution in [2.75, 3.05) is 5.32 Å². The lowest BCUT2D eigenvalue weighted by atomic mass is 9.99. The summed E-state index contributed by atoms with van der Waals surface area (Å²) in [7, 11) is 0. The number of anilines is 1. The van der Waals surface area contributed by atoms with E-state index in [1.54, 1.807) is 19.9 Å². The number of carboxylic acid groups (broad SMARTS) is 1. The summed E-state index contributed by atoms with van der Waals surface area (Å²) in [6.45, 7) is 5.33. The highest BCUT2D eigenvalue weighted by atomic mass is 19.1. The van der Waals surface area contributed by atoms with Gasteiger partial charge in [0.15, 0.2) is 0 Å². The van der Waals surface area contributed by atoms with Crippen LogP contribution in [-0.4, -0.2) is 23.1 Å². The number of aliphatic carboxylic acids is 1. The summed E-state index contributed by atoms with van der Waals surface area (Å²) in [4.78, 5) is 22.9. The molecule has 1 aromatic rings. The third kappa shape index (κ3) is 4.22. The highest BCUT2D eigenvalue weighted by molar-refractivity contribution is 5.92. The Morgan fingerprint density at radius 1 is 1.40 bits per heavy atom. The third-order valence-corrected chi connectivity index (χ3v) is 3.14. The molecule has 110 valence electrons. The van der Waals surface area contributed by atoms with Crippen molar-refractivity contribution in [3.8, 4) is 0 Å². The van der Waals surface area contributed by atoms with Crippen LogP contribution in [0.1, 0.15) is 25.8 Å². The average Bonchev–Trinajstić information content (AvgIpc) is 2.39. The molecule has 0 saturated heterocycles. The molecule has 0 fully saturated rings. The van der Waals surface area contributed by atoms with Gasteiger partial charge in [0, 0.05) is 0 Å². The molecule has 5 nitrogen and oxygen atoms in total. The van der Waals surface area contributed by atoms with E-state index in [4.69, 9.17) is 5.11 Å². The maximum atomic E-state index is 13.5. The highest BCUT2D eigenvalue weighted by Crippen LogP contribution is 2.16. The van der Waals surface area contributed by atoms with Gasteiger partial charge < -0.3 is 15.7 Å². The van der Waals surface area contributed by atoms with Crippen molar-refractivity contribution in [2.24, 2.45) is 5.92 Å². The minimum Gasteiger partial charge on any atom is -0.480 e. The summed E-state index contributed by atoms with van der Waals surface area (Å²) >= 11 is 0. The van der Waals surface area contributed by atoms with E-state index in [-0.39, 0.29) is 11.6 Å². The second-order valence-electron chi connectivity index (χ2n) is 4.78. The lowest BCUT2D eigenvalue weighted by molar-refractivity contribution is -0.140. The zero-order valence-electron chi connectivity index (χ0n) is 11.7. The van der Waals surface area contributed by atoms with Gasteiger partial charge in [-0.3, -0.25) is 0 Å². The summed E-state index contributed by atoms with van der Waals surface area (Å²) in [6, 6.07) is 2.56. The SMILES string of the molecule is CCC(C)C(NC(=O)Nc1cc(C)ccc1F)C(=O)O. The number of hydrogen-bond acceptors (Lipinski definition) is 2. The third-order valence-electron chi connectivity index (χ3n) is 3.14. The summed E-state index contributed by atoms with van der Waals surface area (Å²) < 4.78 is 13.5. The molecule has 0 aromatic heterocycles. The van der Waals surface area contributed by atoms with Crippen LogP contribution in [0.2, 0.25) is 0 Å². The van der Waals surface area contributed by atoms with Gasteiger partial charge in [0.25, 0.3) is 0 Å². The van der Waals surface area contributed by atoms with Crippen molar-refractivity contribution in [1.82, 2.24) is 5.32 Å². The maximum Gasteiger partial charge on any atom is 0.326 e. The standard InChI is InChI=1S/C14H19FN2O3/c1-4-9(3)12(13(18)19)17-14(20)16-11-7-8(2)5-6-10(11)15/h5-7,9,12H,4H2,1-3H3,(H,18,19)(H2,16,17,20). The molecule has 0 radical (unpaired) electrons. The van der Waals surface area contributed by atoms with E-state index < -0.39 is 23.9 Å². The number of carbonyl (C=O) groups is 2. The monoisotopic (exact) mass is 282 g/mol. The molecule has 2 amide bonds. The van der Waals surface area contributed by atoms with Crippen molar-refractivity contribution >= 4 is 17.7 Å². The van der Waals surface area contributed by atoms with Crippen molar-refractivity contribution in [1.29, 1.82) is 0 Å². The second kappa shape index (κ2) is 6.88. The molecule has 1 aromatic carbocycles. The number of aryl methyl sites for hydroxylation is 1. The summed E-state index contributed by atoms with van der Waals surface area (Å²) in [5, 5.41) is 13.7. The first-order chi connectivity index (χ1) is 9.35. The number of carboxylic acids is 1. The molecule has 0 aliphatic rings. The molecule has 2 atom stereocenters. The molecular formula is C14H19FN2O3. The van der Waals surface area contributed by atoms with Crippen LogP contribution in [0.3, 0.4) is 0 Å². The molecule has 6 heteroatoms. The Bertz CT molecular complexity index is 505. The molecular weight excluding hydrogens is 263 g/mol. The Morgan fingerprint density at radius 2 is 2.05 bits per heavy atom. The van der Waals surface area contributed by atoms with E-state index in [0.717, 1.165) is 5.56 Å². The van der Waals surface area contributed by atoms with Crippen molar-refractivity contribution in [2.45, 2.75) is 33.2 Å². The van der Waals surface area contributed by atoms with Crippen molar-refractivity contribution in [3.63, 3.8) is 0 Å². The number of nitrogens with one attached hydrogen (secondary N) is 2. The predicted octanol–water partition coefficient (Wildman–Crippen LogP) is 2.75. The van der Waals surface area contributed by atoms with Crippen LogP contribution in [-0.2, 0) is 4.79 Å². The predicted molar refractivity (Wildman–Crippen MR) is 74.2 cm³/mol. The molecule has 20 heavy (non-hydrogen) atoms. The van der Waals surface area contributed by atoms with Gasteiger partial charge in [0.05, 0.1) is 5.69 Å². The van der Waals surface area contributed by atoms with Gasteiger partial charge >= 0.3 is 12.0 Å². The normalized spacial score (nSPS) is 13.4. The fourth-order valence-electron chi connectivity index (χ4n) is 1.72. The van der Waals surface area contributed by atoms with Crippen LogP contribution in [0.25, 0.3) is 0 Å². The van der Waals surface area contributed by atoms with Crippen LogP contribution in [0.5, 0.6) is 0 Å². The number of hydrogen-bond donors (Lipinski definition) is 3. The Labute approximate surface area is 117 Å². The van der Waals surface area contributed by atoms with Crippen LogP contribution < -0.4 is 10.6 Å². The van der Waals surface area contributed by atoms with Crippen molar-refractivity contribution in [3.05, 3.63) is 29.6 Å². The summed E-state index contributed by atoms with van der Waals surface area (Å²) in [6.07, 6.45) is 0.607. The molecule has 2 unspecified atom stereocenters. The van der Waals surface area contributed by atoms with E-state index >= 15 is 0 Å². The van der Waals surface area contributed by atoms with E-state index in [0.29, 0.717) is 6.42 Å². The Balaban J connectivity index is 2.75. The number of rotatable bonds is 5. The smallest absolute Gasteiger partial charge is 0.326 e. The van der Waals surface area contributed by atoms with Crippen molar-refractivity contribution < 1.29 is 19.1 Å². The Kier molecular flexibility index (Phi) is 5.49. The molecule has 0 spiro atoms. The fraction of sp³-hybridized carbons (Fsp3) is 0.429. The van der Waals surface area contributed by atoms with Gasteiger partial charge in [-0.05, 0) is 30.5 Å². The minimum absolute atomic E-state index is 0.0239. The van der Waals surface area contributed by atoms with Crippen LogP contribution in [0.4, 0.5) is 14.9 Å². The maximum absolute atomic E-state index is 13.5. The molecule has 3 N–H and O–H groups in total. The molecule has 0 heterocycles. The molecule has 1 rings (SSSR count). The van der Waals surface area contributed by atoms with E-state index in [2.05, 4.69) is 10.6 Å². The summed E-state index contributed by atoms with van der Waals surface area (Å²) in [5.41, 5.74) is 0.814. The van der Waals surface area contributed by atoms with E-state index in [1.807, 2.05) is 6.92 Å². The number of carbonyl (C=O) groups excluding carboxylic acids is 1. The Hall–Kier alpha value is -2.11. The van der Waals surface area contributed by atoms with E-state index in [9.17, 15) is 14.0 Å². The second-order valence-corrected chi connectivity index (χ2v) is 4.78. The number of halogens is 1. The van der Waals surface area contributed by atoms with Gasteiger partial charge in [-0.1, -0.05) is 26.3 Å². The molecule has 0 aliphatic heterocycles. The zero-order chi connectivity index (χ0) is 15.3. The number of benzene rings is 1. The van der Waals surface area contributed by atoms with Crippen LogP contribution in [0, 0.1) is 18.7 Å². The number of amides is 2. The first kappa shape index (κ1) is 15.9. The van der Waals surface area contributed by atoms with Gasteiger partial charge in [0.2, 0.25) is 0 Å². The quantitative estimate of drug-likeness (QED) is 0.777. The molecule has 0 bridgehead atoms. The first-order valence-electron chi connectivity index (χ1n) is 6.41. The molecule has 0 aliphatic carbocycles. The minimum atomic E-state index is -1.11. The first-order valence-corrected chi connectivity index (χ1v) is 6.41. The average molecular weight is 282 g/mol. The Morgan fingerprint density at radius 3 is 2.60 bits per heavy atom. The largest absolute Gasteiger partial charge is 0.480 e. The topological polar surface area (TPSA) is 78.4 Å². The number of urea groups is 1. The van der Waals surface area contributed by atoms with E-state index in [1.165, 1.54) is 12.1 Å². The summed E-state index contributed by atoms with van der Waals surface area (Å²) in [5.74, 6) is -1.90. The van der Waals surface area contributed by atoms with Gasteiger partial charge in [-0.15, -0.1) is 0 Å².